The number of anilines is 1. The average Bonchev–Trinajstić information content (AvgIpc) is 2.32. The van der Waals surface area contributed by atoms with E-state index in [4.69, 9.17) is 5.84 Å². The largest absolute Gasteiger partial charge is 0.306 e. The molecule has 1 aromatic heterocycles. The number of nitrogens with zero attached hydrogens (tertiary/aromatic N) is 2. The molecule has 1 aromatic carbocycles. The molecule has 0 saturated heterocycles. The maximum Gasteiger partial charge on any atom is 0.187 e. The third-order valence-electron chi connectivity index (χ3n) is 2.58. The molecule has 6 heteroatoms. The summed E-state index contributed by atoms with van der Waals surface area (Å²) in [4.78, 5) is 8.22. The van der Waals surface area contributed by atoms with Crippen LogP contribution in [0.3, 0.4) is 0 Å². The number of nitrogen functional groups attached to an aromatic ring is 1. The number of rotatable bonds is 2. The molecule has 0 amide bonds. The molecule has 1 heterocycles. The van der Waals surface area contributed by atoms with Gasteiger partial charge in [0.2, 0.25) is 0 Å². The van der Waals surface area contributed by atoms with E-state index in [-0.39, 0.29) is 11.5 Å². The number of nitrogens with one attached hydrogen (secondary N) is 1. The van der Waals surface area contributed by atoms with E-state index in [0.29, 0.717) is 5.82 Å². The predicted molar refractivity (Wildman–Crippen MR) is 72.4 cm³/mol. The molecule has 0 radical (unpaired) electrons. The van der Waals surface area contributed by atoms with E-state index in [1.165, 1.54) is 0 Å². The summed E-state index contributed by atoms with van der Waals surface area (Å²) >= 11 is 3.39. The molecule has 0 atom stereocenters. The number of aryl methyl sites for hydroxylation is 2. The van der Waals surface area contributed by atoms with Gasteiger partial charge in [-0.05, 0) is 37.6 Å². The highest BCUT2D eigenvalue weighted by Crippen LogP contribution is 2.25. The molecule has 4 nitrogen and oxygen atoms in total. The van der Waals surface area contributed by atoms with Crippen LogP contribution in [-0.4, -0.2) is 9.97 Å². The first-order valence-electron chi connectivity index (χ1n) is 5.30. The summed E-state index contributed by atoms with van der Waals surface area (Å²) in [6, 6.07) is 5.72. The molecule has 2 rings (SSSR count). The Morgan fingerprint density at radius 3 is 2.61 bits per heavy atom. The minimum Gasteiger partial charge on any atom is -0.306 e. The lowest BCUT2D eigenvalue weighted by Gasteiger charge is -2.09. The first kappa shape index (κ1) is 12.9. The molecule has 3 N–H and O–H groups in total. The normalized spacial score (nSPS) is 10.5. The molecular formula is C12H12BrFN4. The number of nitrogens with two attached hydrogens (primary N) is 1. The van der Waals surface area contributed by atoms with Gasteiger partial charge in [0.15, 0.2) is 17.5 Å². The zero-order chi connectivity index (χ0) is 13.3. The van der Waals surface area contributed by atoms with Gasteiger partial charge in [-0.25, -0.2) is 20.2 Å². The summed E-state index contributed by atoms with van der Waals surface area (Å²) in [6.45, 7) is 3.52. The van der Waals surface area contributed by atoms with Crippen molar-refractivity contribution in [2.24, 2.45) is 5.84 Å². The van der Waals surface area contributed by atoms with Crippen LogP contribution in [0.4, 0.5) is 10.2 Å². The Kier molecular flexibility index (Phi) is 3.58. The summed E-state index contributed by atoms with van der Waals surface area (Å²) in [6.07, 6.45) is 0. The van der Waals surface area contributed by atoms with Gasteiger partial charge < -0.3 is 5.43 Å². The monoisotopic (exact) mass is 310 g/mol. The van der Waals surface area contributed by atoms with Crippen molar-refractivity contribution in [3.05, 3.63) is 39.7 Å². The Morgan fingerprint density at radius 2 is 2.00 bits per heavy atom. The maximum atomic E-state index is 13.6. The Morgan fingerprint density at radius 1 is 1.28 bits per heavy atom. The summed E-state index contributed by atoms with van der Waals surface area (Å²) in [5.41, 5.74) is 4.34. The van der Waals surface area contributed by atoms with Crippen LogP contribution in [0, 0.1) is 19.7 Å². The zero-order valence-electron chi connectivity index (χ0n) is 9.96. The van der Waals surface area contributed by atoms with Crippen LogP contribution < -0.4 is 11.3 Å². The summed E-state index contributed by atoms with van der Waals surface area (Å²) < 4.78 is 14.6. The number of halogens is 2. The van der Waals surface area contributed by atoms with Crippen molar-refractivity contribution in [2.75, 3.05) is 5.43 Å². The lowest BCUT2D eigenvalue weighted by atomic mass is 10.1. The van der Waals surface area contributed by atoms with E-state index in [0.717, 1.165) is 15.6 Å². The number of benzene rings is 1. The van der Waals surface area contributed by atoms with Gasteiger partial charge in [0.1, 0.15) is 0 Å². The molecule has 94 valence electrons. The fourth-order valence-electron chi connectivity index (χ4n) is 1.65. The van der Waals surface area contributed by atoms with Crippen LogP contribution in [-0.2, 0) is 0 Å². The van der Waals surface area contributed by atoms with Crippen LogP contribution in [0.2, 0.25) is 0 Å². The molecule has 0 aliphatic heterocycles. The highest BCUT2D eigenvalue weighted by molar-refractivity contribution is 9.10. The van der Waals surface area contributed by atoms with Crippen LogP contribution in [0.1, 0.15) is 11.3 Å². The van der Waals surface area contributed by atoms with Crippen molar-refractivity contribution >= 4 is 21.7 Å². The van der Waals surface area contributed by atoms with Gasteiger partial charge in [-0.15, -0.1) is 0 Å². The zero-order valence-corrected chi connectivity index (χ0v) is 11.5. The second kappa shape index (κ2) is 4.99. The highest BCUT2D eigenvalue weighted by atomic mass is 79.9. The quantitative estimate of drug-likeness (QED) is 0.661. The molecule has 0 spiro atoms. The van der Waals surface area contributed by atoms with E-state index in [1.54, 1.807) is 6.92 Å². The Labute approximate surface area is 113 Å². The highest BCUT2D eigenvalue weighted by Gasteiger charge is 2.13. The Balaban J connectivity index is 2.60. The Hall–Kier alpha value is -1.53. The molecular weight excluding hydrogens is 299 g/mol. The summed E-state index contributed by atoms with van der Waals surface area (Å²) in [5.74, 6) is 5.16. The number of hydrazine groups is 1. The van der Waals surface area contributed by atoms with Crippen LogP contribution in [0.25, 0.3) is 11.4 Å². The fourth-order valence-corrected chi connectivity index (χ4v) is 2.13. The summed E-state index contributed by atoms with van der Waals surface area (Å²) in [7, 11) is 0. The molecule has 0 unspecified atom stereocenters. The van der Waals surface area contributed by atoms with E-state index < -0.39 is 5.82 Å². The predicted octanol–water partition coefficient (Wildman–Crippen LogP) is 2.95. The van der Waals surface area contributed by atoms with Gasteiger partial charge in [-0.3, -0.25) is 0 Å². The van der Waals surface area contributed by atoms with Crippen molar-refractivity contribution in [2.45, 2.75) is 13.8 Å². The molecule has 0 fully saturated rings. The van der Waals surface area contributed by atoms with Gasteiger partial charge in [0.05, 0.1) is 5.69 Å². The molecule has 0 aliphatic carbocycles. The van der Waals surface area contributed by atoms with Crippen molar-refractivity contribution in [3.8, 4) is 11.4 Å². The molecule has 0 aliphatic rings. The van der Waals surface area contributed by atoms with Crippen molar-refractivity contribution in [1.29, 1.82) is 0 Å². The number of hydrogen-bond acceptors (Lipinski definition) is 4. The fraction of sp³-hybridized carbons (Fsp3) is 0.167. The maximum absolute atomic E-state index is 13.6. The van der Waals surface area contributed by atoms with Crippen LogP contribution in [0.5, 0.6) is 0 Å². The molecule has 18 heavy (non-hydrogen) atoms. The third-order valence-corrected chi connectivity index (χ3v) is 3.08. The first-order chi connectivity index (χ1) is 8.52. The van der Waals surface area contributed by atoms with Crippen LogP contribution in [0.15, 0.2) is 22.7 Å². The Bertz CT molecular complexity index is 601. The van der Waals surface area contributed by atoms with Gasteiger partial charge in [0.25, 0.3) is 0 Å². The molecule has 0 saturated carbocycles. The van der Waals surface area contributed by atoms with Gasteiger partial charge in [-0.1, -0.05) is 15.9 Å². The average molecular weight is 311 g/mol. The molecule has 2 aromatic rings. The lowest BCUT2D eigenvalue weighted by Crippen LogP contribution is -2.13. The van der Waals surface area contributed by atoms with Crippen molar-refractivity contribution in [3.63, 3.8) is 0 Å². The van der Waals surface area contributed by atoms with Crippen molar-refractivity contribution < 1.29 is 4.39 Å². The SMILES string of the molecule is Cc1cc(Br)ccc1-c1nc(C)c(F)c(NN)n1. The van der Waals surface area contributed by atoms with Gasteiger partial charge >= 0.3 is 0 Å². The third kappa shape index (κ3) is 2.34. The number of hydrogen-bond donors (Lipinski definition) is 2. The van der Waals surface area contributed by atoms with Gasteiger partial charge in [-0.2, -0.15) is 0 Å². The minimum absolute atomic E-state index is 0.000168. The second-order valence-corrected chi connectivity index (χ2v) is 4.81. The first-order valence-corrected chi connectivity index (χ1v) is 6.09. The number of aromatic nitrogens is 2. The standard InChI is InChI=1S/C12H12BrFN4/c1-6-5-8(13)3-4-9(6)11-16-7(2)10(14)12(17-11)18-15/h3-5H,15H2,1-2H3,(H,16,17,18). The minimum atomic E-state index is -0.531. The van der Waals surface area contributed by atoms with E-state index in [2.05, 4.69) is 31.3 Å². The van der Waals surface area contributed by atoms with Crippen LogP contribution >= 0.6 is 15.9 Å². The smallest absolute Gasteiger partial charge is 0.187 e. The van der Waals surface area contributed by atoms with Crippen molar-refractivity contribution in [1.82, 2.24) is 9.97 Å². The summed E-state index contributed by atoms with van der Waals surface area (Å²) in [5, 5.41) is 0. The topological polar surface area (TPSA) is 63.8 Å². The van der Waals surface area contributed by atoms with E-state index >= 15 is 0 Å². The molecule has 0 bridgehead atoms. The lowest BCUT2D eigenvalue weighted by molar-refractivity contribution is 0.606. The van der Waals surface area contributed by atoms with E-state index in [1.807, 2.05) is 25.1 Å². The second-order valence-electron chi connectivity index (χ2n) is 3.90. The van der Waals surface area contributed by atoms with Gasteiger partial charge in [0, 0.05) is 10.0 Å². The van der Waals surface area contributed by atoms with E-state index in [9.17, 15) is 4.39 Å².